The van der Waals surface area contributed by atoms with E-state index >= 15 is 0 Å². The van der Waals surface area contributed by atoms with Gasteiger partial charge in [0.25, 0.3) is 0 Å². The predicted molar refractivity (Wildman–Crippen MR) is 59.3 cm³/mol. The number of carbonyl (C=O) groups excluding carboxylic acids is 1. The van der Waals surface area contributed by atoms with Gasteiger partial charge in [-0.05, 0) is 33.6 Å². The molecule has 0 heterocycles. The maximum absolute atomic E-state index is 11.3. The summed E-state index contributed by atoms with van der Waals surface area (Å²) in [5.74, 6) is 0.0682. The summed E-state index contributed by atoms with van der Waals surface area (Å²) in [4.78, 5) is 11.3. The first-order valence-electron chi connectivity index (χ1n) is 4.84. The SMILES string of the molecule is CCOC(=O)C1CC(C)=C(C)C1.[Li][Cl]. The van der Waals surface area contributed by atoms with Crippen molar-refractivity contribution in [2.75, 3.05) is 6.61 Å². The van der Waals surface area contributed by atoms with Gasteiger partial charge < -0.3 is 4.74 Å². The molecule has 0 aromatic heterocycles. The van der Waals surface area contributed by atoms with Gasteiger partial charge in [-0.2, -0.15) is 0 Å². The van der Waals surface area contributed by atoms with Crippen LogP contribution in [-0.4, -0.2) is 29.3 Å². The van der Waals surface area contributed by atoms with E-state index in [9.17, 15) is 4.79 Å². The van der Waals surface area contributed by atoms with Gasteiger partial charge in [0.15, 0.2) is 0 Å². The van der Waals surface area contributed by atoms with Crippen molar-refractivity contribution in [3.05, 3.63) is 11.1 Å². The second-order valence-corrected chi connectivity index (χ2v) is 3.42. The van der Waals surface area contributed by atoms with E-state index in [-0.39, 0.29) is 11.9 Å². The van der Waals surface area contributed by atoms with Gasteiger partial charge in [0.2, 0.25) is 0 Å². The van der Waals surface area contributed by atoms with Crippen molar-refractivity contribution >= 4 is 32.5 Å². The van der Waals surface area contributed by atoms with Gasteiger partial charge >= 0.3 is 32.5 Å². The summed E-state index contributed by atoms with van der Waals surface area (Å²) in [6.07, 6.45) is 1.79. The molecule has 1 aliphatic rings. The zero-order valence-corrected chi connectivity index (χ0v) is 10.1. The van der Waals surface area contributed by atoms with Crippen molar-refractivity contribution in [1.82, 2.24) is 0 Å². The minimum absolute atomic E-state index is 0.0336. The molecule has 0 fully saturated rings. The molecule has 2 nitrogen and oxygen atoms in total. The molecule has 14 heavy (non-hydrogen) atoms. The number of ether oxygens (including phenoxy) is 1. The minimum atomic E-state index is -0.0336. The summed E-state index contributed by atoms with van der Waals surface area (Å²) in [5, 5.41) is 0. The number of allylic oxidation sites excluding steroid dienone is 2. The zero-order valence-electron chi connectivity index (χ0n) is 9.39. The Labute approximate surface area is 99.3 Å². The molecule has 0 atom stereocenters. The van der Waals surface area contributed by atoms with Crippen LogP contribution in [0.4, 0.5) is 0 Å². The van der Waals surface area contributed by atoms with Crippen LogP contribution in [0.5, 0.6) is 0 Å². The Morgan fingerprint density at radius 1 is 1.43 bits per heavy atom. The molecule has 0 N–H and O–H groups in total. The normalized spacial score (nSPS) is 16.4. The molecule has 76 valence electrons. The first-order chi connectivity index (χ1) is 6.65. The van der Waals surface area contributed by atoms with E-state index in [2.05, 4.69) is 23.6 Å². The van der Waals surface area contributed by atoms with E-state index in [1.165, 1.54) is 27.9 Å². The van der Waals surface area contributed by atoms with Gasteiger partial charge in [0, 0.05) is 0 Å². The fourth-order valence-corrected chi connectivity index (χ4v) is 1.59. The monoisotopic (exact) mass is 210 g/mol. The standard InChI is InChI=1S/C10H16O2.ClH.Li/c1-4-12-10(11)9-5-7(2)8(3)6-9;;/h9H,4-6H2,1-3H3;1H;/q;;+1/p-1. The van der Waals surface area contributed by atoms with Crippen molar-refractivity contribution in [2.24, 2.45) is 5.92 Å². The predicted octanol–water partition coefficient (Wildman–Crippen LogP) is 2.60. The number of hydrogen-bond acceptors (Lipinski definition) is 2. The second-order valence-electron chi connectivity index (χ2n) is 3.42. The molecule has 0 radical (unpaired) electrons. The third kappa shape index (κ3) is 4.08. The molecule has 0 aliphatic heterocycles. The Bertz CT molecular complexity index is 212. The zero-order chi connectivity index (χ0) is 11.1. The van der Waals surface area contributed by atoms with Crippen molar-refractivity contribution in [3.63, 3.8) is 0 Å². The molecular weight excluding hydrogens is 195 g/mol. The van der Waals surface area contributed by atoms with Gasteiger partial charge in [0.05, 0.1) is 12.5 Å². The third-order valence-corrected chi connectivity index (χ3v) is 2.45. The Hall–Kier alpha value is 0.0974. The Morgan fingerprint density at radius 3 is 2.21 bits per heavy atom. The summed E-state index contributed by atoms with van der Waals surface area (Å²) in [7, 11) is 4.64. The van der Waals surface area contributed by atoms with Gasteiger partial charge in [-0.15, -0.1) is 0 Å². The van der Waals surface area contributed by atoms with E-state index in [4.69, 9.17) is 4.74 Å². The van der Waals surface area contributed by atoms with Crippen LogP contribution in [0.2, 0.25) is 0 Å². The van der Waals surface area contributed by atoms with Crippen molar-refractivity contribution in [3.8, 4) is 0 Å². The average molecular weight is 211 g/mol. The van der Waals surface area contributed by atoms with Crippen LogP contribution in [0.15, 0.2) is 11.1 Å². The molecular formula is C10H16ClLiO2. The van der Waals surface area contributed by atoms with E-state index in [1.807, 2.05) is 6.92 Å². The molecule has 0 saturated carbocycles. The van der Waals surface area contributed by atoms with Crippen LogP contribution < -0.4 is 0 Å². The van der Waals surface area contributed by atoms with Gasteiger partial charge in [-0.25, -0.2) is 0 Å². The summed E-state index contributed by atoms with van der Waals surface area (Å²) >= 11 is 1.47. The molecule has 1 aliphatic carbocycles. The van der Waals surface area contributed by atoms with Gasteiger partial charge in [0.1, 0.15) is 0 Å². The van der Waals surface area contributed by atoms with Crippen LogP contribution >= 0.6 is 9.80 Å². The first kappa shape index (κ1) is 14.1. The Morgan fingerprint density at radius 2 is 1.86 bits per heavy atom. The van der Waals surface area contributed by atoms with Crippen molar-refractivity contribution in [1.29, 1.82) is 0 Å². The molecule has 0 unspecified atom stereocenters. The second kappa shape index (κ2) is 7.40. The van der Waals surface area contributed by atoms with E-state index < -0.39 is 0 Å². The molecule has 0 saturated heterocycles. The van der Waals surface area contributed by atoms with E-state index in [0.29, 0.717) is 6.61 Å². The number of carbonyl (C=O) groups is 1. The van der Waals surface area contributed by atoms with Crippen LogP contribution in [-0.2, 0) is 9.53 Å². The summed E-state index contributed by atoms with van der Waals surface area (Å²) < 4.78 is 4.96. The fourth-order valence-electron chi connectivity index (χ4n) is 1.59. The van der Waals surface area contributed by atoms with Crippen molar-refractivity contribution < 1.29 is 9.53 Å². The molecule has 0 aromatic rings. The van der Waals surface area contributed by atoms with Gasteiger partial charge in [-0.3, -0.25) is 4.79 Å². The van der Waals surface area contributed by atoms with Crippen molar-refractivity contribution in [2.45, 2.75) is 33.6 Å². The fraction of sp³-hybridized carbons (Fsp3) is 0.700. The summed E-state index contributed by atoms with van der Waals surface area (Å²) in [6.45, 7) is 6.52. The van der Waals surface area contributed by atoms with Gasteiger partial charge in [-0.1, -0.05) is 11.1 Å². The maximum atomic E-state index is 11.3. The van der Waals surface area contributed by atoms with Crippen LogP contribution in [0.25, 0.3) is 0 Å². The topological polar surface area (TPSA) is 26.3 Å². The number of hydrogen-bond donors (Lipinski definition) is 0. The average Bonchev–Trinajstić information content (AvgIpc) is 2.51. The molecule has 0 aromatic carbocycles. The first-order valence-corrected chi connectivity index (χ1v) is 5.60. The number of halogens is 1. The Kier molecular flexibility index (Phi) is 7.45. The quantitative estimate of drug-likeness (QED) is 0.398. The molecule has 0 bridgehead atoms. The summed E-state index contributed by atoms with van der Waals surface area (Å²) in [5.41, 5.74) is 2.71. The van der Waals surface area contributed by atoms with E-state index in [1.54, 1.807) is 0 Å². The molecule has 0 amide bonds. The van der Waals surface area contributed by atoms with E-state index in [0.717, 1.165) is 12.8 Å². The van der Waals surface area contributed by atoms with Crippen LogP contribution in [0.3, 0.4) is 0 Å². The number of esters is 1. The molecule has 0 spiro atoms. The third-order valence-electron chi connectivity index (χ3n) is 2.45. The van der Waals surface area contributed by atoms with Crippen LogP contribution in [0, 0.1) is 5.92 Å². The molecule has 1 rings (SSSR count). The molecule has 4 heteroatoms. The summed E-state index contributed by atoms with van der Waals surface area (Å²) in [6, 6.07) is 0. The van der Waals surface area contributed by atoms with Crippen LogP contribution in [0.1, 0.15) is 33.6 Å². The Balaban J connectivity index is 0.000000791. The number of rotatable bonds is 2.